The monoisotopic (exact) mass is 625 g/mol. The fraction of sp³-hybridized carbons (Fsp3) is 0.0357. The van der Waals surface area contributed by atoms with Crippen molar-refractivity contribution in [3.05, 3.63) is 123 Å². The Hall–Kier alpha value is -3.99. The number of carbonyl (C=O) groups excluding carboxylic acids is 2. The molecule has 39 heavy (non-hydrogen) atoms. The first kappa shape index (κ1) is 28.0. The molecule has 0 aliphatic heterocycles. The van der Waals surface area contributed by atoms with Crippen LogP contribution in [0.15, 0.2) is 105 Å². The number of anilines is 1. The number of amides is 1. The molecule has 198 valence electrons. The summed E-state index contributed by atoms with van der Waals surface area (Å²) < 4.78 is 33.8. The third-order valence-corrected chi connectivity index (χ3v) is 7.50. The third kappa shape index (κ3) is 7.53. The van der Waals surface area contributed by atoms with Crippen LogP contribution in [0.2, 0.25) is 5.02 Å². The number of nitrogens with zero attached hydrogens (tertiary/aromatic N) is 1. The van der Waals surface area contributed by atoms with Gasteiger partial charge in [0.15, 0.2) is 0 Å². The third-order valence-electron chi connectivity index (χ3n) is 5.35. The molecular formula is C28H21BrClN3O5S. The maximum Gasteiger partial charge on any atom is 0.343 e. The van der Waals surface area contributed by atoms with E-state index in [0.717, 1.165) is 5.56 Å². The van der Waals surface area contributed by atoms with Gasteiger partial charge in [0.1, 0.15) is 5.75 Å². The maximum absolute atomic E-state index is 12.6. The number of nitrogens with one attached hydrogen (secondary N) is 2. The van der Waals surface area contributed by atoms with Crippen LogP contribution >= 0.6 is 27.5 Å². The minimum atomic E-state index is -3.76. The standard InChI is InChI=1S/C28H21BrClN3O5S/c1-18-2-13-25(14-3-18)39(36,37)33-24-11-6-19(7-12-24)27(34)32-31-17-21-16-22(29)8-15-26(21)38-28(35)20-4-9-23(30)10-5-20/h2-17,33H,1H3,(H,32,34). The first-order valence-electron chi connectivity index (χ1n) is 11.4. The molecule has 0 bridgehead atoms. The van der Waals surface area contributed by atoms with E-state index in [4.69, 9.17) is 16.3 Å². The number of benzene rings is 4. The van der Waals surface area contributed by atoms with Crippen molar-refractivity contribution in [1.82, 2.24) is 5.43 Å². The summed E-state index contributed by atoms with van der Waals surface area (Å²) in [6, 6.07) is 23.6. The highest BCUT2D eigenvalue weighted by Crippen LogP contribution is 2.23. The zero-order valence-electron chi connectivity index (χ0n) is 20.4. The molecule has 0 saturated heterocycles. The summed E-state index contributed by atoms with van der Waals surface area (Å²) in [5, 5.41) is 4.47. The van der Waals surface area contributed by atoms with Gasteiger partial charge in [-0.05, 0) is 85.8 Å². The molecule has 4 aromatic carbocycles. The molecule has 0 radical (unpaired) electrons. The molecule has 0 unspecified atom stereocenters. The smallest absolute Gasteiger partial charge is 0.343 e. The summed E-state index contributed by atoms with van der Waals surface area (Å²) in [5.41, 5.74) is 4.67. The molecule has 0 aliphatic rings. The molecule has 1 amide bonds. The van der Waals surface area contributed by atoms with E-state index in [-0.39, 0.29) is 16.2 Å². The summed E-state index contributed by atoms with van der Waals surface area (Å²) in [6.45, 7) is 1.87. The molecule has 4 rings (SSSR count). The van der Waals surface area contributed by atoms with E-state index in [1.165, 1.54) is 42.6 Å². The Kier molecular flexibility index (Phi) is 8.80. The Morgan fingerprint density at radius 2 is 1.54 bits per heavy atom. The zero-order valence-corrected chi connectivity index (χ0v) is 23.5. The quantitative estimate of drug-likeness (QED) is 0.105. The highest BCUT2D eigenvalue weighted by molar-refractivity contribution is 9.10. The highest BCUT2D eigenvalue weighted by Gasteiger charge is 2.15. The van der Waals surface area contributed by atoms with E-state index >= 15 is 0 Å². The Balaban J connectivity index is 1.40. The molecule has 0 heterocycles. The normalized spacial score (nSPS) is 11.3. The first-order chi connectivity index (χ1) is 18.6. The van der Waals surface area contributed by atoms with Crippen LogP contribution in [0.5, 0.6) is 5.75 Å². The number of rotatable bonds is 8. The molecule has 0 aliphatic carbocycles. The van der Waals surface area contributed by atoms with Gasteiger partial charge in [-0.1, -0.05) is 45.2 Å². The van der Waals surface area contributed by atoms with Crippen molar-refractivity contribution in [3.63, 3.8) is 0 Å². The zero-order chi connectivity index (χ0) is 28.0. The number of hydrogen-bond donors (Lipinski definition) is 2. The van der Waals surface area contributed by atoms with Crippen molar-refractivity contribution >= 4 is 61.3 Å². The Morgan fingerprint density at radius 3 is 2.21 bits per heavy atom. The average molecular weight is 627 g/mol. The van der Waals surface area contributed by atoms with Gasteiger partial charge in [0.25, 0.3) is 15.9 Å². The molecule has 0 atom stereocenters. The molecule has 0 aromatic heterocycles. The largest absolute Gasteiger partial charge is 0.422 e. The maximum atomic E-state index is 12.6. The van der Waals surface area contributed by atoms with Gasteiger partial charge in [0.2, 0.25) is 0 Å². The van der Waals surface area contributed by atoms with E-state index in [1.54, 1.807) is 54.6 Å². The Labute approximate surface area is 238 Å². The van der Waals surface area contributed by atoms with Crippen molar-refractivity contribution in [3.8, 4) is 5.75 Å². The van der Waals surface area contributed by atoms with Crippen molar-refractivity contribution in [2.45, 2.75) is 11.8 Å². The van der Waals surface area contributed by atoms with Crippen LogP contribution in [0.1, 0.15) is 31.8 Å². The minimum Gasteiger partial charge on any atom is -0.422 e. The second kappa shape index (κ2) is 12.2. The molecule has 0 fully saturated rings. The predicted octanol–water partition coefficient (Wildman–Crippen LogP) is 6.19. The molecule has 0 spiro atoms. The van der Waals surface area contributed by atoms with Crippen LogP contribution in [0.3, 0.4) is 0 Å². The van der Waals surface area contributed by atoms with Crippen LogP contribution in [-0.2, 0) is 10.0 Å². The lowest BCUT2D eigenvalue weighted by molar-refractivity contribution is 0.0734. The summed E-state index contributed by atoms with van der Waals surface area (Å²) in [6.07, 6.45) is 1.34. The van der Waals surface area contributed by atoms with E-state index in [0.29, 0.717) is 26.3 Å². The molecule has 4 aromatic rings. The van der Waals surface area contributed by atoms with Crippen LogP contribution in [0, 0.1) is 6.92 Å². The fourth-order valence-electron chi connectivity index (χ4n) is 3.30. The molecule has 8 nitrogen and oxygen atoms in total. The average Bonchev–Trinajstić information content (AvgIpc) is 2.91. The van der Waals surface area contributed by atoms with Gasteiger partial charge in [-0.25, -0.2) is 18.6 Å². The van der Waals surface area contributed by atoms with E-state index in [9.17, 15) is 18.0 Å². The summed E-state index contributed by atoms with van der Waals surface area (Å²) in [4.78, 5) is 25.2. The number of aryl methyl sites for hydroxylation is 1. The fourth-order valence-corrected chi connectivity index (χ4v) is 4.87. The topological polar surface area (TPSA) is 114 Å². The van der Waals surface area contributed by atoms with Crippen molar-refractivity contribution in [2.24, 2.45) is 5.10 Å². The minimum absolute atomic E-state index is 0.134. The molecular weight excluding hydrogens is 606 g/mol. The van der Waals surface area contributed by atoms with Gasteiger partial charge >= 0.3 is 5.97 Å². The van der Waals surface area contributed by atoms with E-state index in [2.05, 4.69) is 31.2 Å². The van der Waals surface area contributed by atoms with Crippen LogP contribution < -0.4 is 14.9 Å². The highest BCUT2D eigenvalue weighted by atomic mass is 79.9. The number of hydrazone groups is 1. The second-order valence-electron chi connectivity index (χ2n) is 8.27. The van der Waals surface area contributed by atoms with Gasteiger partial charge < -0.3 is 4.74 Å². The molecule has 11 heteroatoms. The van der Waals surface area contributed by atoms with Crippen LogP contribution in [0.25, 0.3) is 0 Å². The van der Waals surface area contributed by atoms with E-state index in [1.807, 2.05) is 6.92 Å². The van der Waals surface area contributed by atoms with Gasteiger partial charge in [-0.2, -0.15) is 5.10 Å². The van der Waals surface area contributed by atoms with Gasteiger partial charge in [-0.3, -0.25) is 9.52 Å². The van der Waals surface area contributed by atoms with E-state index < -0.39 is 21.9 Å². The summed E-state index contributed by atoms with van der Waals surface area (Å²) in [7, 11) is -3.76. The number of esters is 1. The van der Waals surface area contributed by atoms with Crippen molar-refractivity contribution in [2.75, 3.05) is 4.72 Å². The van der Waals surface area contributed by atoms with Crippen molar-refractivity contribution < 1.29 is 22.7 Å². The lowest BCUT2D eigenvalue weighted by Crippen LogP contribution is -2.18. The van der Waals surface area contributed by atoms with Crippen LogP contribution in [0.4, 0.5) is 5.69 Å². The molecule has 2 N–H and O–H groups in total. The van der Waals surface area contributed by atoms with Gasteiger partial charge in [-0.15, -0.1) is 0 Å². The second-order valence-corrected chi connectivity index (χ2v) is 11.3. The Bertz CT molecular complexity index is 1640. The SMILES string of the molecule is Cc1ccc(S(=O)(=O)Nc2ccc(C(=O)NN=Cc3cc(Br)ccc3OC(=O)c3ccc(Cl)cc3)cc2)cc1. The number of sulfonamides is 1. The predicted molar refractivity (Wildman–Crippen MR) is 154 cm³/mol. The lowest BCUT2D eigenvalue weighted by atomic mass is 10.2. The molecule has 0 saturated carbocycles. The summed E-state index contributed by atoms with van der Waals surface area (Å²) >= 11 is 9.24. The number of ether oxygens (including phenoxy) is 1. The van der Waals surface area contributed by atoms with Crippen molar-refractivity contribution in [1.29, 1.82) is 0 Å². The van der Waals surface area contributed by atoms with Crippen LogP contribution in [-0.4, -0.2) is 26.5 Å². The number of hydrogen-bond acceptors (Lipinski definition) is 6. The van der Waals surface area contributed by atoms with Gasteiger partial charge in [0.05, 0.1) is 16.7 Å². The van der Waals surface area contributed by atoms with Gasteiger partial charge in [0, 0.05) is 26.3 Å². The lowest BCUT2D eigenvalue weighted by Gasteiger charge is -2.09. The Morgan fingerprint density at radius 1 is 0.897 bits per heavy atom. The number of halogens is 2. The number of carbonyl (C=O) groups is 2. The first-order valence-corrected chi connectivity index (χ1v) is 14.1. The summed E-state index contributed by atoms with van der Waals surface area (Å²) in [5.74, 6) is -0.860.